The summed E-state index contributed by atoms with van der Waals surface area (Å²) in [6.07, 6.45) is 2.06. The van der Waals surface area contributed by atoms with E-state index in [2.05, 4.69) is 14.9 Å². The molecule has 1 aliphatic rings. The second kappa shape index (κ2) is 7.81. The first-order valence-electron chi connectivity index (χ1n) is 8.15. The van der Waals surface area contributed by atoms with E-state index in [1.54, 1.807) is 7.11 Å². The lowest BCUT2D eigenvalue weighted by molar-refractivity contribution is 0.170. The lowest BCUT2D eigenvalue weighted by atomic mass is 10.1. The second-order valence-electron chi connectivity index (χ2n) is 5.95. The summed E-state index contributed by atoms with van der Waals surface area (Å²) in [4.78, 5) is 11.3. The summed E-state index contributed by atoms with van der Waals surface area (Å²) >= 11 is 6.17. The van der Waals surface area contributed by atoms with Crippen molar-refractivity contribution in [1.29, 1.82) is 0 Å². The molecular weight excluding hydrogens is 326 g/mol. The third-order valence-corrected chi connectivity index (χ3v) is 4.37. The average molecular weight is 348 g/mol. The smallest absolute Gasteiger partial charge is 0.156 e. The van der Waals surface area contributed by atoms with Crippen LogP contribution >= 0.6 is 11.6 Å². The monoisotopic (exact) mass is 347 g/mol. The number of aromatic nitrogens is 2. The first-order valence-corrected chi connectivity index (χ1v) is 8.53. The van der Waals surface area contributed by atoms with Gasteiger partial charge in [0.05, 0.1) is 5.02 Å². The Hall–Kier alpha value is -1.85. The maximum absolute atomic E-state index is 6.17. The summed E-state index contributed by atoms with van der Waals surface area (Å²) < 4.78 is 11.2. The van der Waals surface area contributed by atoms with Crippen LogP contribution < -0.4 is 9.64 Å². The summed E-state index contributed by atoms with van der Waals surface area (Å²) in [7, 11) is 1.66. The molecule has 2 aromatic rings. The van der Waals surface area contributed by atoms with E-state index in [1.807, 2.05) is 37.3 Å². The Labute approximate surface area is 147 Å². The fourth-order valence-electron chi connectivity index (χ4n) is 2.89. The molecule has 24 heavy (non-hydrogen) atoms. The van der Waals surface area contributed by atoms with Crippen molar-refractivity contribution in [3.63, 3.8) is 0 Å². The molecule has 0 spiro atoms. The number of anilines is 1. The first-order chi connectivity index (χ1) is 11.7. The Bertz CT molecular complexity index is 688. The molecule has 0 N–H and O–H groups in total. The Morgan fingerprint density at radius 1 is 1.21 bits per heavy atom. The maximum Gasteiger partial charge on any atom is 0.156 e. The molecule has 0 radical (unpaired) electrons. The zero-order chi connectivity index (χ0) is 16.9. The molecule has 1 saturated heterocycles. The van der Waals surface area contributed by atoms with Crippen LogP contribution in [-0.2, 0) is 11.3 Å². The van der Waals surface area contributed by atoms with E-state index >= 15 is 0 Å². The number of hydrogen-bond donors (Lipinski definition) is 0. The van der Waals surface area contributed by atoms with Crippen LogP contribution in [-0.4, -0.2) is 36.3 Å². The van der Waals surface area contributed by atoms with Gasteiger partial charge in [-0.3, -0.25) is 0 Å². The van der Waals surface area contributed by atoms with Crippen LogP contribution in [0.3, 0.4) is 0 Å². The van der Waals surface area contributed by atoms with E-state index in [0.29, 0.717) is 11.6 Å². The fraction of sp³-hybridized carbons (Fsp3) is 0.444. The summed E-state index contributed by atoms with van der Waals surface area (Å²) in [5, 5.41) is 0.663. The Kier molecular flexibility index (Phi) is 5.53. The van der Waals surface area contributed by atoms with Crippen molar-refractivity contribution in [1.82, 2.24) is 9.97 Å². The molecule has 5 nitrogen and oxygen atoms in total. The topological polar surface area (TPSA) is 47.5 Å². The van der Waals surface area contributed by atoms with Gasteiger partial charge in [-0.2, -0.15) is 0 Å². The number of hydrogen-bond acceptors (Lipinski definition) is 5. The summed E-state index contributed by atoms with van der Waals surface area (Å²) in [5.74, 6) is 2.45. The van der Waals surface area contributed by atoms with E-state index < -0.39 is 0 Å². The van der Waals surface area contributed by atoms with Crippen LogP contribution in [0, 0.1) is 6.92 Å². The number of benzene rings is 1. The van der Waals surface area contributed by atoms with Gasteiger partial charge in [0, 0.05) is 44.8 Å². The molecule has 0 amide bonds. The van der Waals surface area contributed by atoms with Crippen LogP contribution in [0.15, 0.2) is 30.3 Å². The highest BCUT2D eigenvalue weighted by molar-refractivity contribution is 6.32. The van der Waals surface area contributed by atoms with E-state index in [0.717, 1.165) is 49.0 Å². The highest BCUT2D eigenvalue weighted by Gasteiger charge is 2.22. The number of ether oxygens (including phenoxy) is 2. The molecule has 0 aliphatic carbocycles. The maximum atomic E-state index is 6.17. The van der Waals surface area contributed by atoms with Crippen molar-refractivity contribution in [2.24, 2.45) is 0 Å². The van der Waals surface area contributed by atoms with Crippen molar-refractivity contribution in [3.8, 4) is 5.75 Å². The number of aryl methyl sites for hydroxylation is 1. The van der Waals surface area contributed by atoms with Crippen molar-refractivity contribution < 1.29 is 9.47 Å². The average Bonchev–Trinajstić information content (AvgIpc) is 2.57. The van der Waals surface area contributed by atoms with Gasteiger partial charge in [-0.1, -0.05) is 23.7 Å². The third-order valence-electron chi connectivity index (χ3n) is 4.06. The number of piperidine rings is 1. The molecular formula is C18H22ClN3O2. The molecule has 3 rings (SSSR count). The van der Waals surface area contributed by atoms with Gasteiger partial charge < -0.3 is 14.4 Å². The summed E-state index contributed by atoms with van der Waals surface area (Å²) in [6.45, 7) is 4.22. The highest BCUT2D eigenvalue weighted by Crippen LogP contribution is 2.27. The molecule has 0 atom stereocenters. The SMILES string of the molecule is COCc1nc(C)cc(N2CCC(Oc3ccccc3Cl)CC2)n1. The van der Waals surface area contributed by atoms with Crippen molar-refractivity contribution in [3.05, 3.63) is 46.9 Å². The molecule has 1 aromatic heterocycles. The number of methoxy groups -OCH3 is 1. The minimum atomic E-state index is 0.183. The molecule has 1 aromatic carbocycles. The molecule has 0 bridgehead atoms. The Morgan fingerprint density at radius 3 is 2.67 bits per heavy atom. The predicted octanol–water partition coefficient (Wildman–Crippen LogP) is 3.63. The molecule has 128 valence electrons. The minimum absolute atomic E-state index is 0.183. The van der Waals surface area contributed by atoms with Gasteiger partial charge in [0.1, 0.15) is 24.3 Å². The van der Waals surface area contributed by atoms with E-state index in [-0.39, 0.29) is 6.10 Å². The Balaban J connectivity index is 1.62. The van der Waals surface area contributed by atoms with Crippen molar-refractivity contribution in [2.75, 3.05) is 25.1 Å². The molecule has 2 heterocycles. The van der Waals surface area contributed by atoms with Gasteiger partial charge >= 0.3 is 0 Å². The quantitative estimate of drug-likeness (QED) is 0.826. The predicted molar refractivity (Wildman–Crippen MR) is 94.8 cm³/mol. The second-order valence-corrected chi connectivity index (χ2v) is 6.36. The number of rotatable bonds is 5. The largest absolute Gasteiger partial charge is 0.489 e. The van der Waals surface area contributed by atoms with Crippen LogP contribution in [0.4, 0.5) is 5.82 Å². The number of nitrogens with zero attached hydrogens (tertiary/aromatic N) is 3. The lowest BCUT2D eigenvalue weighted by Gasteiger charge is -2.33. The minimum Gasteiger partial charge on any atom is -0.489 e. The number of para-hydroxylation sites is 1. The van der Waals surface area contributed by atoms with E-state index in [4.69, 9.17) is 21.1 Å². The van der Waals surface area contributed by atoms with Crippen LogP contribution in [0.25, 0.3) is 0 Å². The summed E-state index contributed by atoms with van der Waals surface area (Å²) in [6, 6.07) is 9.64. The molecule has 0 unspecified atom stereocenters. The van der Waals surface area contributed by atoms with E-state index in [9.17, 15) is 0 Å². The van der Waals surface area contributed by atoms with Crippen molar-refractivity contribution in [2.45, 2.75) is 32.5 Å². The van der Waals surface area contributed by atoms with Gasteiger partial charge in [-0.05, 0) is 19.1 Å². The molecule has 1 aliphatic heterocycles. The van der Waals surface area contributed by atoms with Gasteiger partial charge in [0.25, 0.3) is 0 Å². The lowest BCUT2D eigenvalue weighted by Crippen LogP contribution is -2.39. The Morgan fingerprint density at radius 2 is 1.96 bits per heavy atom. The zero-order valence-electron chi connectivity index (χ0n) is 14.0. The van der Waals surface area contributed by atoms with Crippen LogP contribution in [0.5, 0.6) is 5.75 Å². The summed E-state index contributed by atoms with van der Waals surface area (Å²) in [5.41, 5.74) is 0.960. The van der Waals surface area contributed by atoms with Crippen LogP contribution in [0.2, 0.25) is 5.02 Å². The van der Waals surface area contributed by atoms with Crippen molar-refractivity contribution >= 4 is 17.4 Å². The first kappa shape index (κ1) is 17.0. The van der Waals surface area contributed by atoms with Gasteiger partial charge in [0.15, 0.2) is 5.82 Å². The fourth-order valence-corrected chi connectivity index (χ4v) is 3.07. The van der Waals surface area contributed by atoms with E-state index in [1.165, 1.54) is 0 Å². The third kappa shape index (κ3) is 4.16. The number of halogens is 1. The standard InChI is InChI=1S/C18H22ClN3O2/c1-13-11-18(21-17(20-13)12-23-2)22-9-7-14(8-10-22)24-16-6-4-3-5-15(16)19/h3-6,11,14H,7-10,12H2,1-2H3. The molecule has 6 heteroatoms. The highest BCUT2D eigenvalue weighted by atomic mass is 35.5. The van der Waals surface area contributed by atoms with Gasteiger partial charge in [-0.25, -0.2) is 9.97 Å². The van der Waals surface area contributed by atoms with Gasteiger partial charge in [-0.15, -0.1) is 0 Å². The normalized spacial score (nSPS) is 15.5. The molecule has 0 saturated carbocycles. The van der Waals surface area contributed by atoms with Crippen LogP contribution in [0.1, 0.15) is 24.4 Å². The van der Waals surface area contributed by atoms with Gasteiger partial charge in [0.2, 0.25) is 0 Å². The zero-order valence-corrected chi connectivity index (χ0v) is 14.8. The molecule has 1 fully saturated rings.